The molecule has 0 aromatic heterocycles. The van der Waals surface area contributed by atoms with Crippen molar-refractivity contribution in [2.45, 2.75) is 32.9 Å². The topological polar surface area (TPSA) is 86.8 Å². The van der Waals surface area contributed by atoms with Gasteiger partial charge in [0.2, 0.25) is 21.8 Å². The molecular weight excluding hydrogens is 544 g/mol. The van der Waals surface area contributed by atoms with Crippen molar-refractivity contribution in [1.29, 1.82) is 0 Å². The Hall–Kier alpha value is -1.71. The van der Waals surface area contributed by atoms with Crippen molar-refractivity contribution < 1.29 is 18.0 Å². The third-order valence-electron chi connectivity index (χ3n) is 4.98. The van der Waals surface area contributed by atoms with Crippen molar-refractivity contribution in [3.05, 3.63) is 62.1 Å². The second kappa shape index (κ2) is 12.3. The fourth-order valence-electron chi connectivity index (χ4n) is 3.34. The summed E-state index contributed by atoms with van der Waals surface area (Å²) in [5.74, 6) is -1.01. The lowest BCUT2D eigenvalue weighted by atomic mass is 10.1. The fraction of sp³-hybridized carbons (Fsp3) is 0.364. The van der Waals surface area contributed by atoms with Gasteiger partial charge in [0, 0.05) is 33.7 Å². The zero-order valence-electron chi connectivity index (χ0n) is 18.8. The highest BCUT2D eigenvalue weighted by Crippen LogP contribution is 2.31. The third-order valence-corrected chi connectivity index (χ3v) is 7.36. The lowest BCUT2D eigenvalue weighted by molar-refractivity contribution is -0.140. The van der Waals surface area contributed by atoms with Gasteiger partial charge in [-0.25, -0.2) is 8.42 Å². The standard InChI is InChI=1S/C22H25Cl4N3O4S/c1-4-19(22(31)27-5-2)28(12-15-16(24)7-6-8-17(15)25)21(30)13-29(34(3,32)33)20-10-9-14(23)11-18(20)26/h6-11,19H,4-5,12-13H2,1-3H3,(H,27,31). The quantitative estimate of drug-likeness (QED) is 0.436. The molecule has 34 heavy (non-hydrogen) atoms. The summed E-state index contributed by atoms with van der Waals surface area (Å²) in [4.78, 5) is 27.6. The zero-order valence-corrected chi connectivity index (χ0v) is 22.7. The molecule has 0 aliphatic carbocycles. The highest BCUT2D eigenvalue weighted by atomic mass is 35.5. The summed E-state index contributed by atoms with van der Waals surface area (Å²) in [7, 11) is -3.93. The number of carbonyl (C=O) groups is 2. The average Bonchev–Trinajstić information content (AvgIpc) is 2.73. The second-order valence-corrected chi connectivity index (χ2v) is 11.0. The Balaban J connectivity index is 2.53. The Kier molecular flexibility index (Phi) is 10.3. The van der Waals surface area contributed by atoms with Crippen LogP contribution in [0.4, 0.5) is 5.69 Å². The maximum absolute atomic E-state index is 13.6. The van der Waals surface area contributed by atoms with Crippen molar-refractivity contribution >= 4 is 73.9 Å². The number of rotatable bonds is 10. The zero-order chi connectivity index (χ0) is 25.6. The van der Waals surface area contributed by atoms with Crippen LogP contribution in [0.3, 0.4) is 0 Å². The number of nitrogens with zero attached hydrogens (tertiary/aromatic N) is 2. The Morgan fingerprint density at radius 2 is 1.62 bits per heavy atom. The highest BCUT2D eigenvalue weighted by molar-refractivity contribution is 7.92. The van der Waals surface area contributed by atoms with Crippen LogP contribution in [0, 0.1) is 0 Å². The largest absolute Gasteiger partial charge is 0.355 e. The highest BCUT2D eigenvalue weighted by Gasteiger charge is 2.32. The Morgan fingerprint density at radius 1 is 1.00 bits per heavy atom. The molecule has 0 fully saturated rings. The molecule has 1 atom stereocenters. The Morgan fingerprint density at radius 3 is 2.12 bits per heavy atom. The molecule has 0 saturated heterocycles. The van der Waals surface area contributed by atoms with Gasteiger partial charge < -0.3 is 10.2 Å². The molecule has 2 aromatic carbocycles. The van der Waals surface area contributed by atoms with E-state index in [1.54, 1.807) is 32.0 Å². The maximum Gasteiger partial charge on any atom is 0.244 e. The number of likely N-dealkylation sites (N-methyl/N-ethyl adjacent to an activating group) is 1. The molecule has 2 amide bonds. The molecule has 12 heteroatoms. The summed E-state index contributed by atoms with van der Waals surface area (Å²) in [6.45, 7) is 3.17. The van der Waals surface area contributed by atoms with Crippen LogP contribution in [0.5, 0.6) is 0 Å². The molecule has 0 aliphatic rings. The number of anilines is 1. The number of nitrogens with one attached hydrogen (secondary N) is 1. The summed E-state index contributed by atoms with van der Waals surface area (Å²) in [6.07, 6.45) is 1.24. The minimum absolute atomic E-state index is 0.0576. The van der Waals surface area contributed by atoms with E-state index in [4.69, 9.17) is 46.4 Å². The Bertz CT molecular complexity index is 1140. The van der Waals surface area contributed by atoms with E-state index in [0.717, 1.165) is 10.6 Å². The Labute approximate surface area is 220 Å². The molecule has 2 aromatic rings. The first kappa shape index (κ1) is 28.5. The van der Waals surface area contributed by atoms with Gasteiger partial charge in [0.15, 0.2) is 0 Å². The third kappa shape index (κ3) is 7.15. The smallest absolute Gasteiger partial charge is 0.244 e. The summed E-state index contributed by atoms with van der Waals surface area (Å²) in [5.41, 5.74) is 0.529. The SMILES string of the molecule is CCNC(=O)C(CC)N(Cc1c(Cl)cccc1Cl)C(=O)CN(c1ccc(Cl)cc1Cl)S(C)(=O)=O. The number of carbonyl (C=O) groups excluding carboxylic acids is 2. The average molecular weight is 569 g/mol. The first-order chi connectivity index (χ1) is 15.9. The second-order valence-electron chi connectivity index (χ2n) is 7.41. The fourth-order valence-corrected chi connectivity index (χ4v) is 5.28. The molecular formula is C22H25Cl4N3O4S. The number of benzene rings is 2. The maximum atomic E-state index is 13.6. The minimum Gasteiger partial charge on any atom is -0.355 e. The van der Waals surface area contributed by atoms with E-state index < -0.39 is 28.5 Å². The number of hydrogen-bond donors (Lipinski definition) is 1. The van der Waals surface area contributed by atoms with Gasteiger partial charge in [0.25, 0.3) is 0 Å². The number of halogens is 4. The number of sulfonamides is 1. The molecule has 0 spiro atoms. The van der Waals surface area contributed by atoms with Crippen LogP contribution in [0.25, 0.3) is 0 Å². The van der Waals surface area contributed by atoms with E-state index in [1.807, 2.05) is 0 Å². The van der Waals surface area contributed by atoms with E-state index >= 15 is 0 Å². The van der Waals surface area contributed by atoms with Crippen molar-refractivity contribution in [3.63, 3.8) is 0 Å². The molecule has 186 valence electrons. The van der Waals surface area contributed by atoms with Crippen molar-refractivity contribution in [2.75, 3.05) is 23.7 Å². The number of amides is 2. The summed E-state index contributed by atoms with van der Waals surface area (Å²) < 4.78 is 26.1. The van der Waals surface area contributed by atoms with E-state index in [2.05, 4.69) is 5.32 Å². The molecule has 0 saturated carbocycles. The number of hydrogen-bond acceptors (Lipinski definition) is 4. The van der Waals surface area contributed by atoms with Gasteiger partial charge in [-0.3, -0.25) is 13.9 Å². The summed E-state index contributed by atoms with van der Waals surface area (Å²) >= 11 is 24.8. The van der Waals surface area contributed by atoms with Crippen LogP contribution in [-0.2, 0) is 26.2 Å². The first-order valence-electron chi connectivity index (χ1n) is 10.3. The van der Waals surface area contributed by atoms with Gasteiger partial charge >= 0.3 is 0 Å². The van der Waals surface area contributed by atoms with Crippen LogP contribution in [0.15, 0.2) is 36.4 Å². The molecule has 0 heterocycles. The minimum atomic E-state index is -3.93. The molecule has 0 radical (unpaired) electrons. The van der Waals surface area contributed by atoms with Gasteiger partial charge in [-0.2, -0.15) is 0 Å². The van der Waals surface area contributed by atoms with E-state index in [1.165, 1.54) is 23.1 Å². The van der Waals surface area contributed by atoms with Crippen molar-refractivity contribution in [2.24, 2.45) is 0 Å². The van der Waals surface area contributed by atoms with Crippen LogP contribution in [0.1, 0.15) is 25.8 Å². The van der Waals surface area contributed by atoms with Crippen molar-refractivity contribution in [3.8, 4) is 0 Å². The predicted molar refractivity (Wildman–Crippen MR) is 138 cm³/mol. The lowest BCUT2D eigenvalue weighted by Gasteiger charge is -2.33. The predicted octanol–water partition coefficient (Wildman–Crippen LogP) is 5.01. The van der Waals surface area contributed by atoms with Crippen LogP contribution < -0.4 is 9.62 Å². The van der Waals surface area contributed by atoms with Gasteiger partial charge in [-0.15, -0.1) is 0 Å². The van der Waals surface area contributed by atoms with Gasteiger partial charge in [0.05, 0.1) is 17.0 Å². The summed E-state index contributed by atoms with van der Waals surface area (Å²) in [6, 6.07) is 8.28. The van der Waals surface area contributed by atoms with E-state index in [-0.39, 0.29) is 29.6 Å². The first-order valence-corrected chi connectivity index (χ1v) is 13.7. The summed E-state index contributed by atoms with van der Waals surface area (Å²) in [5, 5.41) is 3.71. The normalized spacial score (nSPS) is 12.2. The van der Waals surface area contributed by atoms with E-state index in [9.17, 15) is 18.0 Å². The van der Waals surface area contributed by atoms with Crippen molar-refractivity contribution in [1.82, 2.24) is 10.2 Å². The lowest BCUT2D eigenvalue weighted by Crippen LogP contribution is -2.52. The molecule has 2 rings (SSSR count). The molecule has 0 aliphatic heterocycles. The van der Waals surface area contributed by atoms with Gasteiger partial charge in [-0.05, 0) is 43.7 Å². The van der Waals surface area contributed by atoms with Gasteiger partial charge in [0.1, 0.15) is 12.6 Å². The van der Waals surface area contributed by atoms with Crippen LogP contribution in [0.2, 0.25) is 20.1 Å². The molecule has 0 bridgehead atoms. The van der Waals surface area contributed by atoms with Crippen LogP contribution in [-0.4, -0.2) is 50.5 Å². The van der Waals surface area contributed by atoms with Crippen LogP contribution >= 0.6 is 46.4 Å². The van der Waals surface area contributed by atoms with Gasteiger partial charge in [-0.1, -0.05) is 59.4 Å². The monoisotopic (exact) mass is 567 g/mol. The molecule has 1 unspecified atom stereocenters. The molecule has 7 nitrogen and oxygen atoms in total. The molecule has 1 N–H and O–H groups in total. The van der Waals surface area contributed by atoms with E-state index in [0.29, 0.717) is 27.2 Å².